The van der Waals surface area contributed by atoms with Crippen molar-refractivity contribution in [3.8, 4) is 5.75 Å². The highest BCUT2D eigenvalue weighted by Gasteiger charge is 2.15. The predicted molar refractivity (Wildman–Crippen MR) is 78.9 cm³/mol. The van der Waals surface area contributed by atoms with Crippen LogP contribution in [0.1, 0.15) is 24.0 Å². The molecule has 1 aliphatic heterocycles. The van der Waals surface area contributed by atoms with Crippen LogP contribution in [0.4, 0.5) is 0 Å². The third kappa shape index (κ3) is 2.47. The summed E-state index contributed by atoms with van der Waals surface area (Å²) >= 11 is 0. The number of H-pyrrole nitrogens is 1. The second kappa shape index (κ2) is 5.25. The van der Waals surface area contributed by atoms with E-state index in [4.69, 9.17) is 4.74 Å². The van der Waals surface area contributed by atoms with Gasteiger partial charge in [0.25, 0.3) is 0 Å². The Morgan fingerprint density at radius 2 is 2.05 bits per heavy atom. The van der Waals surface area contributed by atoms with Crippen LogP contribution < -0.4 is 10.1 Å². The Labute approximate surface area is 114 Å². The largest absolute Gasteiger partial charge is 0.495 e. The lowest BCUT2D eigenvalue weighted by atomic mass is 9.90. The van der Waals surface area contributed by atoms with Crippen molar-refractivity contribution in [3.05, 3.63) is 29.5 Å². The number of hydrogen-bond acceptors (Lipinski definition) is 2. The van der Waals surface area contributed by atoms with Crippen molar-refractivity contribution >= 4 is 10.9 Å². The molecule has 3 rings (SSSR count). The Bertz CT molecular complexity index is 567. The summed E-state index contributed by atoms with van der Waals surface area (Å²) in [4.78, 5) is 3.30. The number of aromatic amines is 1. The molecule has 3 heteroatoms. The number of benzene rings is 1. The van der Waals surface area contributed by atoms with Crippen LogP contribution >= 0.6 is 0 Å². The summed E-state index contributed by atoms with van der Waals surface area (Å²) in [6.07, 6.45) is 5.79. The zero-order valence-electron chi connectivity index (χ0n) is 11.8. The van der Waals surface area contributed by atoms with Crippen molar-refractivity contribution in [2.24, 2.45) is 5.92 Å². The molecule has 1 aromatic carbocycles. The number of aromatic nitrogens is 1. The van der Waals surface area contributed by atoms with Crippen molar-refractivity contribution in [1.29, 1.82) is 0 Å². The van der Waals surface area contributed by atoms with Crippen molar-refractivity contribution < 1.29 is 4.74 Å². The molecule has 19 heavy (non-hydrogen) atoms. The maximum atomic E-state index is 5.53. The number of fused-ring (bicyclic) bond motifs is 1. The van der Waals surface area contributed by atoms with Crippen LogP contribution in [0.25, 0.3) is 10.9 Å². The molecule has 0 atom stereocenters. The highest BCUT2D eigenvalue weighted by Crippen LogP contribution is 2.30. The first-order chi connectivity index (χ1) is 9.28. The molecule has 2 N–H and O–H groups in total. The zero-order valence-corrected chi connectivity index (χ0v) is 11.8. The average molecular weight is 258 g/mol. The van der Waals surface area contributed by atoms with Gasteiger partial charge < -0.3 is 15.0 Å². The number of ether oxygens (including phenoxy) is 1. The first kappa shape index (κ1) is 12.5. The minimum absolute atomic E-state index is 0.808. The minimum atomic E-state index is 0.808. The van der Waals surface area contributed by atoms with Gasteiger partial charge in [-0.15, -0.1) is 0 Å². The van der Waals surface area contributed by atoms with Crippen molar-refractivity contribution in [2.45, 2.75) is 26.2 Å². The van der Waals surface area contributed by atoms with Crippen molar-refractivity contribution in [3.63, 3.8) is 0 Å². The van der Waals surface area contributed by atoms with Crippen molar-refractivity contribution in [2.75, 3.05) is 20.2 Å². The molecule has 2 heterocycles. The molecule has 1 fully saturated rings. The number of nitrogens with one attached hydrogen (secondary N) is 2. The Morgan fingerprint density at radius 1 is 1.26 bits per heavy atom. The maximum absolute atomic E-state index is 5.53. The Hall–Kier alpha value is -1.48. The molecule has 1 saturated heterocycles. The number of rotatable bonds is 3. The summed E-state index contributed by atoms with van der Waals surface area (Å²) < 4.78 is 5.53. The fourth-order valence-electron chi connectivity index (χ4n) is 3.09. The lowest BCUT2D eigenvalue weighted by molar-refractivity contribution is 0.371. The zero-order chi connectivity index (χ0) is 13.2. The topological polar surface area (TPSA) is 37.0 Å². The molecule has 0 spiro atoms. The maximum Gasteiger partial charge on any atom is 0.143 e. The third-order valence-corrected chi connectivity index (χ3v) is 4.22. The van der Waals surface area contributed by atoms with E-state index in [-0.39, 0.29) is 0 Å². The van der Waals surface area contributed by atoms with Crippen LogP contribution in [0, 0.1) is 12.8 Å². The Balaban J connectivity index is 1.92. The molecule has 1 aliphatic rings. The van der Waals surface area contributed by atoms with Crippen LogP contribution in [0.2, 0.25) is 0 Å². The fourth-order valence-corrected chi connectivity index (χ4v) is 3.09. The average Bonchev–Trinajstić information content (AvgIpc) is 2.81. The van der Waals surface area contributed by atoms with Gasteiger partial charge >= 0.3 is 0 Å². The van der Waals surface area contributed by atoms with E-state index in [1.54, 1.807) is 7.11 Å². The van der Waals surface area contributed by atoms with Gasteiger partial charge in [0.15, 0.2) is 0 Å². The van der Waals surface area contributed by atoms with E-state index in [1.165, 1.54) is 35.8 Å². The van der Waals surface area contributed by atoms with Gasteiger partial charge in [0, 0.05) is 11.6 Å². The van der Waals surface area contributed by atoms with E-state index in [9.17, 15) is 0 Å². The molecule has 2 aromatic rings. The molecule has 0 saturated carbocycles. The van der Waals surface area contributed by atoms with Gasteiger partial charge in [-0.05, 0) is 68.5 Å². The molecule has 0 aliphatic carbocycles. The highest BCUT2D eigenvalue weighted by atomic mass is 16.5. The monoisotopic (exact) mass is 258 g/mol. The molecule has 0 radical (unpaired) electrons. The van der Waals surface area contributed by atoms with Crippen LogP contribution in [0.5, 0.6) is 5.75 Å². The summed E-state index contributed by atoms with van der Waals surface area (Å²) in [7, 11) is 1.75. The lowest BCUT2D eigenvalue weighted by Crippen LogP contribution is -2.28. The van der Waals surface area contributed by atoms with Crippen LogP contribution in [-0.4, -0.2) is 25.2 Å². The molecule has 1 aromatic heterocycles. The van der Waals surface area contributed by atoms with Gasteiger partial charge in [0.05, 0.1) is 12.6 Å². The predicted octanol–water partition coefficient (Wildman–Crippen LogP) is 3.03. The molecule has 3 nitrogen and oxygen atoms in total. The van der Waals surface area contributed by atoms with E-state index in [1.807, 2.05) is 0 Å². The van der Waals surface area contributed by atoms with E-state index < -0.39 is 0 Å². The van der Waals surface area contributed by atoms with Crippen molar-refractivity contribution in [1.82, 2.24) is 10.3 Å². The molecule has 0 bridgehead atoms. The minimum Gasteiger partial charge on any atom is -0.495 e. The quantitative estimate of drug-likeness (QED) is 0.888. The van der Waals surface area contributed by atoms with E-state index in [0.717, 1.165) is 30.3 Å². The summed E-state index contributed by atoms with van der Waals surface area (Å²) in [6.45, 7) is 4.47. The van der Waals surface area contributed by atoms with Gasteiger partial charge in [-0.1, -0.05) is 0 Å². The Kier molecular flexibility index (Phi) is 3.47. The number of methoxy groups -OCH3 is 1. The number of hydrogen-bond donors (Lipinski definition) is 2. The van der Waals surface area contributed by atoms with Crippen LogP contribution in [-0.2, 0) is 6.42 Å². The van der Waals surface area contributed by atoms with E-state index in [0.29, 0.717) is 0 Å². The molecular formula is C16H22N2O. The highest BCUT2D eigenvalue weighted by molar-refractivity contribution is 5.89. The smallest absolute Gasteiger partial charge is 0.143 e. The van der Waals surface area contributed by atoms with Crippen LogP contribution in [0.3, 0.4) is 0 Å². The summed E-state index contributed by atoms with van der Waals surface area (Å²) in [6, 6.07) is 4.52. The normalized spacial score (nSPS) is 16.9. The van der Waals surface area contributed by atoms with Crippen LogP contribution in [0.15, 0.2) is 18.3 Å². The van der Waals surface area contributed by atoms with Gasteiger partial charge in [-0.2, -0.15) is 0 Å². The van der Waals surface area contributed by atoms with Gasteiger partial charge in [-0.25, -0.2) is 0 Å². The summed E-state index contributed by atoms with van der Waals surface area (Å²) in [5, 5.41) is 4.72. The van der Waals surface area contributed by atoms with Gasteiger partial charge in [0.1, 0.15) is 5.75 Å². The van der Waals surface area contributed by atoms with Gasteiger partial charge in [-0.3, -0.25) is 0 Å². The summed E-state index contributed by atoms with van der Waals surface area (Å²) in [5.41, 5.74) is 3.81. The SMILES string of the molecule is COc1cc(CC2CCNCC2)cc2c(C)c[nH]c12. The molecule has 102 valence electrons. The second-order valence-corrected chi connectivity index (χ2v) is 5.59. The number of aryl methyl sites for hydroxylation is 1. The van der Waals surface area contributed by atoms with E-state index in [2.05, 4.69) is 35.6 Å². The molecular weight excluding hydrogens is 236 g/mol. The Morgan fingerprint density at radius 3 is 2.79 bits per heavy atom. The molecule has 0 unspecified atom stereocenters. The first-order valence-corrected chi connectivity index (χ1v) is 7.13. The standard InChI is InChI=1S/C16H22N2O/c1-11-10-18-16-14(11)8-13(9-15(16)19-2)7-12-3-5-17-6-4-12/h8-10,12,17-18H,3-7H2,1-2H3. The third-order valence-electron chi connectivity index (χ3n) is 4.22. The molecule has 0 amide bonds. The second-order valence-electron chi connectivity index (χ2n) is 5.59. The summed E-state index contributed by atoms with van der Waals surface area (Å²) in [5.74, 6) is 1.78. The number of piperidine rings is 1. The first-order valence-electron chi connectivity index (χ1n) is 7.13. The lowest BCUT2D eigenvalue weighted by Gasteiger charge is -2.22. The van der Waals surface area contributed by atoms with Gasteiger partial charge in [0.2, 0.25) is 0 Å². The van der Waals surface area contributed by atoms with E-state index >= 15 is 0 Å². The fraction of sp³-hybridized carbons (Fsp3) is 0.500.